The van der Waals surface area contributed by atoms with Crippen LogP contribution in [0.4, 0.5) is 0 Å². The molecule has 4 fully saturated rings. The predicted octanol–water partition coefficient (Wildman–Crippen LogP) is -7.69. The van der Waals surface area contributed by atoms with E-state index in [1.807, 2.05) is 0 Å². The Labute approximate surface area is 764 Å². The molecule has 28 N–H and O–H groups in total. The molecule has 4 saturated heterocycles. The third kappa shape index (κ3) is 34.8. The summed E-state index contributed by atoms with van der Waals surface area (Å²) in [6.45, 7) is 12.0. The average molecular weight is 1870 g/mol. The second kappa shape index (κ2) is 54.5. The van der Waals surface area contributed by atoms with E-state index in [9.17, 15) is 111 Å². The zero-order valence-corrected chi connectivity index (χ0v) is 76.9. The van der Waals surface area contributed by atoms with Crippen molar-refractivity contribution in [2.24, 2.45) is 52.2 Å². The number of carboxylic acids is 1. The van der Waals surface area contributed by atoms with Crippen LogP contribution >= 0.6 is 11.8 Å². The molecule has 5 rings (SSSR count). The van der Waals surface area contributed by atoms with Crippen molar-refractivity contribution in [2.75, 3.05) is 57.8 Å². The van der Waals surface area contributed by atoms with Gasteiger partial charge in [0.2, 0.25) is 112 Å². The van der Waals surface area contributed by atoms with Gasteiger partial charge >= 0.3 is 5.97 Å². The number of aromatic amines is 1. The molecule has 48 heteroatoms. The predicted molar refractivity (Wildman–Crippen MR) is 473 cm³/mol. The molecule has 131 heavy (non-hydrogen) atoms. The number of rotatable bonds is 56. The second-order valence-corrected chi connectivity index (χ2v) is 35.9. The van der Waals surface area contributed by atoms with Gasteiger partial charge in [-0.25, -0.2) is 9.78 Å². The Morgan fingerprint density at radius 2 is 0.840 bits per heavy atom. The number of aliphatic hydroxyl groups is 2. The number of carboxylic acid groups (broad SMARTS) is 1. The van der Waals surface area contributed by atoms with Crippen molar-refractivity contribution >= 4 is 130 Å². The Bertz CT molecular complexity index is 4120. The molecule has 0 bridgehead atoms. The van der Waals surface area contributed by atoms with Gasteiger partial charge in [0.1, 0.15) is 90.6 Å². The first-order valence-corrected chi connectivity index (χ1v) is 46.1. The lowest BCUT2D eigenvalue weighted by molar-refractivity contribution is -0.144. The number of aliphatic hydroxyl groups excluding tert-OH is 2. The highest BCUT2D eigenvalue weighted by Crippen LogP contribution is 2.27. The molecule has 0 unspecified atom stereocenters. The van der Waals surface area contributed by atoms with Crippen molar-refractivity contribution < 1.29 is 111 Å². The monoisotopic (exact) mass is 1870 g/mol. The Balaban J connectivity index is 1.24. The first-order valence-electron chi connectivity index (χ1n) is 44.7. The number of aliphatic carboxylic acids is 1. The highest BCUT2D eigenvalue weighted by atomic mass is 32.2. The molecular formula is C83H138N24O23S. The summed E-state index contributed by atoms with van der Waals surface area (Å²) in [5.41, 5.74) is 34.6. The van der Waals surface area contributed by atoms with Crippen molar-refractivity contribution in [3.63, 3.8) is 0 Å². The Hall–Kier alpha value is -11.2. The fraction of sp³-hybridized carbons (Fsp3) is 0.723. The minimum atomic E-state index is -1.78. The van der Waals surface area contributed by atoms with E-state index in [1.165, 1.54) is 47.9 Å². The standard InChI is InChI=1S/C83H138N24O23S/c1-42(2)34-52(71(117)100-56(83(129)130)36-47-39-90-41-92-47)96-73(119)54(38-63(89)112)98-75(121)58-21-15-31-106(58)81(127)55(35-43(3)4)99-69(115)49(18-10-12-27-84)94-74(120)57-20-14-29-104(57)64(113)40-91-78(124)66(45(7)108)103-77(123)60-23-16-30-105(60)80(126)51(19-11-13-28-85)95-72(118)53(37-62(88)111)97-76(122)59-22-17-32-107(59)82(128)65(44(5)6)101-79(125)67(46(8)109)102-70(116)50(24-25-61(87)110)93-68(114)48(86)26-33-131-9/h39,41-46,48-60,65-67,108-109H,10-38,40,84-86H2,1-9H3,(H2,87,110)(H2,88,111)(H2,89,112)(H,90,92)(H,91,124)(H,93,114)(H,94,120)(H,95,118)(H,96,119)(H,97,122)(H,98,121)(H,99,115)(H,100,117)(H,101,125)(H,102,116)(H,103,123)(H,129,130)/t45-,46-,48+,49+,50+,51+,52+,53+,54+,55+,56+,57+,58+,59+,60+,65+,66+,67+/m1/s1. The summed E-state index contributed by atoms with van der Waals surface area (Å²) in [7, 11) is 0. The lowest BCUT2D eigenvalue weighted by Crippen LogP contribution is -2.62. The molecule has 0 aromatic carbocycles. The van der Waals surface area contributed by atoms with Crippen molar-refractivity contribution in [1.82, 2.24) is 93.4 Å². The summed E-state index contributed by atoms with van der Waals surface area (Å²) in [6.07, 6.45) is 1.49. The quantitative estimate of drug-likeness (QED) is 0.0269. The molecule has 0 saturated carbocycles. The highest BCUT2D eigenvalue weighted by molar-refractivity contribution is 7.98. The molecule has 4 aliphatic heterocycles. The van der Waals surface area contributed by atoms with Crippen LogP contribution in [0.1, 0.15) is 196 Å². The molecular weight excluding hydrogens is 1730 g/mol. The molecule has 18 atom stereocenters. The minimum absolute atomic E-state index is 0.000284. The zero-order chi connectivity index (χ0) is 97.8. The topological polar surface area (TPSA) is 744 Å². The number of amides is 19. The molecule has 19 amide bonds. The number of imidazole rings is 1. The van der Waals surface area contributed by atoms with Gasteiger partial charge in [-0.3, -0.25) is 91.1 Å². The lowest BCUT2D eigenvalue weighted by atomic mass is 10.0. The van der Waals surface area contributed by atoms with E-state index in [2.05, 4.69) is 73.8 Å². The maximum Gasteiger partial charge on any atom is 0.326 e. The van der Waals surface area contributed by atoms with Crippen molar-refractivity contribution in [3.8, 4) is 0 Å². The van der Waals surface area contributed by atoms with Gasteiger partial charge in [-0.2, -0.15) is 11.8 Å². The smallest absolute Gasteiger partial charge is 0.326 e. The molecule has 5 heterocycles. The van der Waals surface area contributed by atoms with Crippen LogP contribution in [0.3, 0.4) is 0 Å². The maximum atomic E-state index is 14.8. The van der Waals surface area contributed by atoms with Crippen LogP contribution < -0.4 is 98.2 Å². The number of hydrogen-bond acceptors (Lipinski definition) is 27. The minimum Gasteiger partial charge on any atom is -0.480 e. The second-order valence-electron chi connectivity index (χ2n) is 34.9. The first kappa shape index (κ1) is 110. The number of nitrogens with one attached hydrogen (secondary N) is 13. The van der Waals surface area contributed by atoms with Gasteiger partial charge in [-0.15, -0.1) is 0 Å². The van der Waals surface area contributed by atoms with E-state index < -0.39 is 252 Å². The van der Waals surface area contributed by atoms with E-state index in [-0.39, 0.29) is 160 Å². The van der Waals surface area contributed by atoms with E-state index in [1.54, 1.807) is 47.8 Å². The summed E-state index contributed by atoms with van der Waals surface area (Å²) in [5, 5.41) is 62.1. The number of hydrogen-bond donors (Lipinski definition) is 22. The highest BCUT2D eigenvalue weighted by Gasteiger charge is 2.47. The van der Waals surface area contributed by atoms with Gasteiger partial charge in [-0.05, 0) is 172 Å². The number of nitrogens with two attached hydrogens (primary N) is 6. The number of H-pyrrole nitrogens is 1. The van der Waals surface area contributed by atoms with Gasteiger partial charge in [0.05, 0.1) is 44.0 Å². The summed E-state index contributed by atoms with van der Waals surface area (Å²) in [4.78, 5) is 288. The van der Waals surface area contributed by atoms with Gasteiger partial charge in [0.25, 0.3) is 0 Å². The summed E-state index contributed by atoms with van der Waals surface area (Å²) >= 11 is 1.43. The van der Waals surface area contributed by atoms with Crippen LogP contribution in [0, 0.1) is 17.8 Å². The molecule has 4 aliphatic rings. The molecule has 47 nitrogen and oxygen atoms in total. The number of likely N-dealkylation sites (tertiary alicyclic amines) is 4. The van der Waals surface area contributed by atoms with Crippen LogP contribution in [0.2, 0.25) is 0 Å². The Morgan fingerprint density at radius 3 is 1.30 bits per heavy atom. The van der Waals surface area contributed by atoms with E-state index in [4.69, 9.17) is 34.4 Å². The summed E-state index contributed by atoms with van der Waals surface area (Å²) < 4.78 is 0. The fourth-order valence-electron chi connectivity index (χ4n) is 15.9. The van der Waals surface area contributed by atoms with Crippen molar-refractivity contribution in [1.29, 1.82) is 0 Å². The molecule has 1 aromatic rings. The largest absolute Gasteiger partial charge is 0.480 e. The Kier molecular flexibility index (Phi) is 45.9. The SMILES string of the molecule is CSCC[C@H](N)C(=O)N[C@@H](CCC(N)=O)C(=O)N[C@H](C(=O)N[C@H](C(=O)N1CCC[C@H]1C(=O)N[C@@H](CC(N)=O)C(=O)N[C@@H](CCCCN)C(=O)N1CCC[C@H]1C(=O)N[C@H](C(=O)NCC(=O)N1CCC[C@H]1C(=O)N[C@@H](CCCCN)C(=O)N[C@@H](CC(C)C)C(=O)N1CCC[C@H]1C(=O)N[C@@H](CC(N)=O)C(=O)N[C@@H](CC(C)C)C(=O)N[C@@H](Cc1cnc[nH]1)C(=O)O)[C@@H](C)O)C(C)C)[C@@H](C)O. The fourth-order valence-corrected chi connectivity index (χ4v) is 16.4. The van der Waals surface area contributed by atoms with Crippen molar-refractivity contribution in [3.05, 3.63) is 18.2 Å². The number of primary amides is 3. The van der Waals surface area contributed by atoms with Gasteiger partial charge in [0, 0.05) is 50.9 Å². The van der Waals surface area contributed by atoms with E-state index in [0.717, 1.165) is 9.80 Å². The zero-order valence-electron chi connectivity index (χ0n) is 76.1. The van der Waals surface area contributed by atoms with Crippen molar-refractivity contribution in [2.45, 2.75) is 306 Å². The third-order valence-corrected chi connectivity index (χ3v) is 23.6. The lowest BCUT2D eigenvalue weighted by Gasteiger charge is -2.33. The Morgan fingerprint density at radius 1 is 0.443 bits per heavy atom. The van der Waals surface area contributed by atoms with Crippen LogP contribution in [-0.2, 0) is 102 Å². The van der Waals surface area contributed by atoms with Crippen LogP contribution in [0.5, 0.6) is 0 Å². The van der Waals surface area contributed by atoms with Crippen LogP contribution in [0.25, 0.3) is 0 Å². The molecule has 0 radical (unpaired) electrons. The molecule has 734 valence electrons. The van der Waals surface area contributed by atoms with E-state index in [0.29, 0.717) is 30.7 Å². The van der Waals surface area contributed by atoms with Gasteiger partial charge in [0.15, 0.2) is 0 Å². The van der Waals surface area contributed by atoms with E-state index >= 15 is 0 Å². The van der Waals surface area contributed by atoms with Gasteiger partial charge < -0.3 is 138 Å². The third-order valence-electron chi connectivity index (χ3n) is 22.9. The molecule has 0 spiro atoms. The summed E-state index contributed by atoms with van der Waals surface area (Å²) in [6, 6.07) is -22.9. The number of carbonyl (C=O) groups excluding carboxylic acids is 19. The number of aromatic nitrogens is 2. The number of nitrogens with zero attached hydrogens (tertiary/aromatic N) is 5. The molecule has 0 aliphatic carbocycles. The first-order chi connectivity index (χ1) is 61.8. The van der Waals surface area contributed by atoms with Gasteiger partial charge in [-0.1, -0.05) is 41.5 Å². The number of thioether (sulfide) groups is 1. The number of unbranched alkanes of at least 4 members (excludes halogenated alkanes) is 2. The average Bonchev–Trinajstić information content (AvgIpc) is 1.71. The number of carbonyl (C=O) groups is 20. The van der Waals surface area contributed by atoms with Crippen LogP contribution in [0.15, 0.2) is 12.5 Å². The molecule has 1 aromatic heterocycles. The summed E-state index contributed by atoms with van der Waals surface area (Å²) in [5.74, 6) is -19.2. The maximum absolute atomic E-state index is 14.8. The normalized spacial score (nSPS) is 19.3. The van der Waals surface area contributed by atoms with Crippen LogP contribution in [-0.4, -0.2) is 330 Å².